The van der Waals surface area contributed by atoms with E-state index in [1.54, 1.807) is 6.07 Å². The highest BCUT2D eigenvalue weighted by atomic mass is 35.5. The number of sulfonamides is 1. The molecular weight excluding hydrogens is 306 g/mol. The van der Waals surface area contributed by atoms with Gasteiger partial charge in [-0.2, -0.15) is 4.31 Å². The van der Waals surface area contributed by atoms with E-state index in [2.05, 4.69) is 9.97 Å². The monoisotopic (exact) mass is 317 g/mol. The summed E-state index contributed by atoms with van der Waals surface area (Å²) < 4.78 is 26.1. The second kappa shape index (κ2) is 5.54. The van der Waals surface area contributed by atoms with Gasteiger partial charge in [0.1, 0.15) is 0 Å². The number of aryl methyl sites for hydroxylation is 1. The average Bonchev–Trinajstić information content (AvgIpc) is 2.76. The second-order valence-electron chi connectivity index (χ2n) is 3.96. The average molecular weight is 318 g/mol. The smallest absolute Gasteiger partial charge is 0.254 e. The summed E-state index contributed by atoms with van der Waals surface area (Å²) in [6.45, 7) is 2.07. The third-order valence-electron chi connectivity index (χ3n) is 2.45. The maximum atomic E-state index is 12.2. The van der Waals surface area contributed by atoms with Crippen LogP contribution < -0.4 is 0 Å². The standard InChI is InChI=1S/C11H12ClN3O2S2/c1-8-4-3-5-9(14-8)7-15(2)19(16,17)10-6-13-11(12)18-10/h3-6H,7H2,1-2H3. The highest BCUT2D eigenvalue weighted by Gasteiger charge is 2.23. The summed E-state index contributed by atoms with van der Waals surface area (Å²) in [5, 5.41) is 0. The van der Waals surface area contributed by atoms with Crippen molar-refractivity contribution in [1.82, 2.24) is 14.3 Å². The predicted molar refractivity (Wildman–Crippen MR) is 74.8 cm³/mol. The molecule has 0 radical (unpaired) electrons. The molecule has 0 saturated heterocycles. The largest absolute Gasteiger partial charge is 0.257 e. The van der Waals surface area contributed by atoms with Gasteiger partial charge in [-0.1, -0.05) is 29.0 Å². The molecule has 0 bridgehead atoms. The first kappa shape index (κ1) is 14.4. The van der Waals surface area contributed by atoms with Crippen molar-refractivity contribution in [3.8, 4) is 0 Å². The predicted octanol–water partition coefficient (Wildman–Crippen LogP) is 2.32. The molecule has 8 heteroatoms. The molecule has 0 fully saturated rings. The normalized spacial score (nSPS) is 12.0. The van der Waals surface area contributed by atoms with Crippen LogP contribution in [0.15, 0.2) is 28.6 Å². The van der Waals surface area contributed by atoms with Gasteiger partial charge in [-0.05, 0) is 19.1 Å². The van der Waals surface area contributed by atoms with Crippen molar-refractivity contribution in [3.05, 3.63) is 40.3 Å². The first-order chi connectivity index (χ1) is 8.89. The van der Waals surface area contributed by atoms with Gasteiger partial charge in [-0.3, -0.25) is 4.98 Å². The molecule has 0 saturated carbocycles. The Bertz CT molecular complexity index is 685. The summed E-state index contributed by atoms with van der Waals surface area (Å²) in [7, 11) is -2.06. The summed E-state index contributed by atoms with van der Waals surface area (Å²) in [5.41, 5.74) is 1.55. The Hall–Kier alpha value is -1.02. The Morgan fingerprint density at radius 2 is 2.16 bits per heavy atom. The molecule has 2 heterocycles. The first-order valence-corrected chi connectivity index (χ1v) is 8.03. The van der Waals surface area contributed by atoms with E-state index < -0.39 is 10.0 Å². The van der Waals surface area contributed by atoms with Crippen molar-refractivity contribution in [1.29, 1.82) is 0 Å². The third-order valence-corrected chi connectivity index (χ3v) is 5.81. The van der Waals surface area contributed by atoms with Crippen LogP contribution in [-0.4, -0.2) is 29.7 Å². The Morgan fingerprint density at radius 1 is 1.42 bits per heavy atom. The van der Waals surface area contributed by atoms with Gasteiger partial charge in [0.25, 0.3) is 10.0 Å². The van der Waals surface area contributed by atoms with Crippen LogP contribution in [0.2, 0.25) is 4.47 Å². The fourth-order valence-corrected chi connectivity index (χ4v) is 4.16. The maximum absolute atomic E-state index is 12.2. The number of hydrogen-bond donors (Lipinski definition) is 0. The summed E-state index contributed by atoms with van der Waals surface area (Å²) in [5.74, 6) is 0. The molecule has 0 aromatic carbocycles. The summed E-state index contributed by atoms with van der Waals surface area (Å²) in [6.07, 6.45) is 1.27. The van der Waals surface area contributed by atoms with Gasteiger partial charge in [-0.15, -0.1) is 0 Å². The molecule has 0 spiro atoms. The molecule has 0 atom stereocenters. The van der Waals surface area contributed by atoms with Gasteiger partial charge in [0.15, 0.2) is 8.68 Å². The molecule has 0 aliphatic carbocycles. The highest BCUT2D eigenvalue weighted by Crippen LogP contribution is 2.25. The zero-order valence-electron chi connectivity index (χ0n) is 10.4. The van der Waals surface area contributed by atoms with Gasteiger partial charge in [0.2, 0.25) is 0 Å². The zero-order valence-corrected chi connectivity index (χ0v) is 12.8. The van der Waals surface area contributed by atoms with Crippen LogP contribution >= 0.6 is 22.9 Å². The van der Waals surface area contributed by atoms with E-state index in [-0.39, 0.29) is 15.2 Å². The fraction of sp³-hybridized carbons (Fsp3) is 0.273. The van der Waals surface area contributed by atoms with Gasteiger partial charge in [0, 0.05) is 12.7 Å². The zero-order chi connectivity index (χ0) is 14.0. The molecule has 102 valence electrons. The number of aromatic nitrogens is 2. The van der Waals surface area contributed by atoms with Gasteiger partial charge >= 0.3 is 0 Å². The van der Waals surface area contributed by atoms with Gasteiger partial charge in [-0.25, -0.2) is 13.4 Å². The van der Waals surface area contributed by atoms with Crippen molar-refractivity contribution < 1.29 is 8.42 Å². The number of halogens is 1. The summed E-state index contributed by atoms with van der Waals surface area (Å²) in [4.78, 5) is 8.03. The van der Waals surface area contributed by atoms with E-state index >= 15 is 0 Å². The minimum atomic E-state index is -3.56. The number of thiazole rings is 1. The third kappa shape index (κ3) is 3.30. The number of pyridine rings is 1. The lowest BCUT2D eigenvalue weighted by molar-refractivity contribution is 0.463. The van der Waals surface area contributed by atoms with Crippen LogP contribution in [0.25, 0.3) is 0 Å². The lowest BCUT2D eigenvalue weighted by atomic mass is 10.3. The van der Waals surface area contributed by atoms with E-state index in [1.165, 1.54) is 17.5 Å². The van der Waals surface area contributed by atoms with Crippen molar-refractivity contribution in [2.24, 2.45) is 0 Å². The maximum Gasteiger partial charge on any atom is 0.254 e. The molecule has 2 rings (SSSR count). The lowest BCUT2D eigenvalue weighted by Gasteiger charge is -2.15. The van der Waals surface area contributed by atoms with Crippen LogP contribution in [0, 0.1) is 6.92 Å². The molecule has 0 amide bonds. The van der Waals surface area contributed by atoms with Crippen molar-refractivity contribution in [2.45, 2.75) is 17.7 Å². The van der Waals surface area contributed by atoms with E-state index in [4.69, 9.17) is 11.6 Å². The van der Waals surface area contributed by atoms with E-state index in [0.29, 0.717) is 5.69 Å². The molecule has 5 nitrogen and oxygen atoms in total. The molecular formula is C11H12ClN3O2S2. The molecule has 0 unspecified atom stereocenters. The second-order valence-corrected chi connectivity index (χ2v) is 7.85. The molecule has 0 aliphatic rings. The van der Waals surface area contributed by atoms with Gasteiger partial charge in [0.05, 0.1) is 18.4 Å². The molecule has 0 N–H and O–H groups in total. The van der Waals surface area contributed by atoms with E-state index in [0.717, 1.165) is 17.0 Å². The van der Waals surface area contributed by atoms with E-state index in [9.17, 15) is 8.42 Å². The van der Waals surface area contributed by atoms with Crippen molar-refractivity contribution >= 4 is 33.0 Å². The van der Waals surface area contributed by atoms with Crippen LogP contribution in [0.5, 0.6) is 0 Å². The van der Waals surface area contributed by atoms with Crippen LogP contribution in [0.3, 0.4) is 0 Å². The van der Waals surface area contributed by atoms with Crippen molar-refractivity contribution in [2.75, 3.05) is 7.05 Å². The van der Waals surface area contributed by atoms with Crippen LogP contribution in [0.4, 0.5) is 0 Å². The minimum Gasteiger partial charge on any atom is -0.257 e. The fourth-order valence-electron chi connectivity index (χ4n) is 1.51. The van der Waals surface area contributed by atoms with Crippen molar-refractivity contribution in [3.63, 3.8) is 0 Å². The first-order valence-electron chi connectivity index (χ1n) is 5.40. The minimum absolute atomic E-state index is 0.132. The van der Waals surface area contributed by atoms with E-state index in [1.807, 2.05) is 19.1 Å². The Labute approximate surface area is 120 Å². The highest BCUT2D eigenvalue weighted by molar-refractivity contribution is 7.91. The Morgan fingerprint density at radius 3 is 2.74 bits per heavy atom. The summed E-state index contributed by atoms with van der Waals surface area (Å²) >= 11 is 6.61. The lowest BCUT2D eigenvalue weighted by Crippen LogP contribution is -2.26. The number of nitrogens with zero attached hydrogens (tertiary/aromatic N) is 3. The SMILES string of the molecule is Cc1cccc(CN(C)S(=O)(=O)c2cnc(Cl)s2)n1. The van der Waals surface area contributed by atoms with Crippen LogP contribution in [-0.2, 0) is 16.6 Å². The quantitative estimate of drug-likeness (QED) is 0.868. The Balaban J connectivity index is 2.22. The molecule has 0 aliphatic heterocycles. The number of rotatable bonds is 4. The number of hydrogen-bond acceptors (Lipinski definition) is 5. The Kier molecular flexibility index (Phi) is 4.19. The summed E-state index contributed by atoms with van der Waals surface area (Å²) in [6, 6.07) is 5.50. The van der Waals surface area contributed by atoms with Gasteiger partial charge < -0.3 is 0 Å². The molecule has 2 aromatic heterocycles. The molecule has 2 aromatic rings. The van der Waals surface area contributed by atoms with Crippen LogP contribution in [0.1, 0.15) is 11.4 Å². The topological polar surface area (TPSA) is 63.2 Å². The molecule has 19 heavy (non-hydrogen) atoms.